The molecule has 1 fully saturated rings. The molecule has 0 heterocycles. The molecule has 1 aromatic carbocycles. The zero-order valence-corrected chi connectivity index (χ0v) is 10.2. The Bertz CT molecular complexity index is 384. The molecule has 0 spiro atoms. The highest BCUT2D eigenvalue weighted by atomic mass is 35.5. The van der Waals surface area contributed by atoms with E-state index in [0.717, 1.165) is 31.2 Å². The fourth-order valence-electron chi connectivity index (χ4n) is 2.65. The van der Waals surface area contributed by atoms with E-state index in [9.17, 15) is 4.39 Å². The Kier molecular flexibility index (Phi) is 3.22. The maximum atomic E-state index is 13.6. The van der Waals surface area contributed by atoms with Crippen molar-refractivity contribution >= 4 is 11.6 Å². The van der Waals surface area contributed by atoms with Crippen molar-refractivity contribution in [3.05, 3.63) is 34.3 Å². The molecule has 0 amide bonds. The molecule has 1 saturated carbocycles. The van der Waals surface area contributed by atoms with Crippen LogP contribution in [0.15, 0.2) is 18.2 Å². The van der Waals surface area contributed by atoms with Gasteiger partial charge in [0.2, 0.25) is 0 Å². The van der Waals surface area contributed by atoms with Crippen LogP contribution in [0.4, 0.5) is 4.39 Å². The standard InChI is InChI=1S/C13H17ClFN/c1-9(15)12-10(5-4-6-11(12)14)13(16)7-2-3-8-13/h4-6,9H,2-3,7-8,16H2,1H3. The lowest BCUT2D eigenvalue weighted by Crippen LogP contribution is -2.34. The van der Waals surface area contributed by atoms with E-state index in [4.69, 9.17) is 17.3 Å². The average molecular weight is 242 g/mol. The predicted octanol–water partition coefficient (Wildman–Crippen LogP) is 4.10. The highest BCUT2D eigenvalue weighted by Crippen LogP contribution is 2.42. The number of nitrogens with two attached hydrogens (primary N) is 1. The van der Waals surface area contributed by atoms with Gasteiger partial charge in [-0.25, -0.2) is 4.39 Å². The summed E-state index contributed by atoms with van der Waals surface area (Å²) >= 11 is 6.07. The Morgan fingerprint density at radius 3 is 2.56 bits per heavy atom. The van der Waals surface area contributed by atoms with Crippen molar-refractivity contribution < 1.29 is 4.39 Å². The van der Waals surface area contributed by atoms with E-state index in [1.54, 1.807) is 6.07 Å². The van der Waals surface area contributed by atoms with E-state index in [1.165, 1.54) is 6.92 Å². The second-order valence-corrected chi connectivity index (χ2v) is 5.09. The third-order valence-corrected chi connectivity index (χ3v) is 3.81. The summed E-state index contributed by atoms with van der Waals surface area (Å²) in [7, 11) is 0. The van der Waals surface area contributed by atoms with Crippen LogP contribution >= 0.6 is 11.6 Å². The molecule has 1 aliphatic carbocycles. The van der Waals surface area contributed by atoms with Crippen molar-refractivity contribution in [2.75, 3.05) is 0 Å². The van der Waals surface area contributed by atoms with Crippen LogP contribution in [-0.4, -0.2) is 0 Å². The normalized spacial score (nSPS) is 21.0. The molecular formula is C13H17ClFN. The molecule has 1 unspecified atom stereocenters. The van der Waals surface area contributed by atoms with Gasteiger partial charge in [0.05, 0.1) is 0 Å². The fourth-order valence-corrected chi connectivity index (χ4v) is 2.98. The Balaban J connectivity index is 2.51. The highest BCUT2D eigenvalue weighted by Gasteiger charge is 2.34. The van der Waals surface area contributed by atoms with E-state index in [-0.39, 0.29) is 5.54 Å². The quantitative estimate of drug-likeness (QED) is 0.829. The minimum Gasteiger partial charge on any atom is -0.321 e. The average Bonchev–Trinajstić information content (AvgIpc) is 2.65. The maximum absolute atomic E-state index is 13.6. The molecule has 0 aromatic heterocycles. The smallest absolute Gasteiger partial charge is 0.124 e. The van der Waals surface area contributed by atoms with Crippen molar-refractivity contribution in [2.24, 2.45) is 5.73 Å². The van der Waals surface area contributed by atoms with Crippen LogP contribution in [0.25, 0.3) is 0 Å². The summed E-state index contributed by atoms with van der Waals surface area (Å²) in [5.41, 5.74) is 7.46. The van der Waals surface area contributed by atoms with Gasteiger partial charge in [-0.15, -0.1) is 0 Å². The van der Waals surface area contributed by atoms with E-state index in [2.05, 4.69) is 0 Å². The minimum absolute atomic E-state index is 0.374. The van der Waals surface area contributed by atoms with Crippen molar-refractivity contribution in [1.82, 2.24) is 0 Å². The third-order valence-electron chi connectivity index (χ3n) is 3.48. The summed E-state index contributed by atoms with van der Waals surface area (Å²) in [6.45, 7) is 1.52. The summed E-state index contributed by atoms with van der Waals surface area (Å²) in [5, 5.41) is 0.490. The lowest BCUT2D eigenvalue weighted by molar-refractivity contribution is 0.359. The van der Waals surface area contributed by atoms with Crippen molar-refractivity contribution in [3.8, 4) is 0 Å². The van der Waals surface area contributed by atoms with Crippen molar-refractivity contribution in [2.45, 2.75) is 44.3 Å². The molecule has 1 atom stereocenters. The molecule has 2 rings (SSSR count). The fraction of sp³-hybridized carbons (Fsp3) is 0.538. The zero-order chi connectivity index (χ0) is 11.8. The van der Waals surface area contributed by atoms with Gasteiger partial charge >= 0.3 is 0 Å². The van der Waals surface area contributed by atoms with Crippen molar-refractivity contribution in [1.29, 1.82) is 0 Å². The monoisotopic (exact) mass is 241 g/mol. The molecule has 2 N–H and O–H groups in total. The third kappa shape index (κ3) is 1.96. The van der Waals surface area contributed by atoms with Gasteiger partial charge in [-0.3, -0.25) is 0 Å². The van der Waals surface area contributed by atoms with E-state index >= 15 is 0 Å². The van der Waals surface area contributed by atoms with Crippen LogP contribution in [-0.2, 0) is 5.54 Å². The summed E-state index contributed by atoms with van der Waals surface area (Å²) in [6, 6.07) is 5.51. The topological polar surface area (TPSA) is 26.0 Å². The second-order valence-electron chi connectivity index (χ2n) is 4.68. The van der Waals surface area contributed by atoms with Gasteiger partial charge in [0, 0.05) is 16.1 Å². The first kappa shape index (κ1) is 11.9. The van der Waals surface area contributed by atoms with Gasteiger partial charge in [0.25, 0.3) is 0 Å². The summed E-state index contributed by atoms with van der Waals surface area (Å²) < 4.78 is 13.6. The Hall–Kier alpha value is -0.600. The van der Waals surface area contributed by atoms with Crippen LogP contribution in [0.1, 0.15) is 49.9 Å². The number of hydrogen-bond donors (Lipinski definition) is 1. The SMILES string of the molecule is CC(F)c1c(Cl)cccc1C1(N)CCCC1. The minimum atomic E-state index is -1.07. The van der Waals surface area contributed by atoms with Gasteiger partial charge in [-0.05, 0) is 31.4 Å². The number of hydrogen-bond acceptors (Lipinski definition) is 1. The summed E-state index contributed by atoms with van der Waals surface area (Å²) in [5.74, 6) is 0. The first-order valence-corrected chi connectivity index (χ1v) is 6.14. The number of halogens is 2. The van der Waals surface area contributed by atoms with Gasteiger partial charge < -0.3 is 5.73 Å². The zero-order valence-electron chi connectivity index (χ0n) is 9.47. The molecule has 0 aliphatic heterocycles. The largest absolute Gasteiger partial charge is 0.321 e. The lowest BCUT2D eigenvalue weighted by Gasteiger charge is -2.28. The first-order valence-electron chi connectivity index (χ1n) is 5.76. The lowest BCUT2D eigenvalue weighted by atomic mass is 9.85. The van der Waals surface area contributed by atoms with Crippen LogP contribution in [0.5, 0.6) is 0 Å². The van der Waals surface area contributed by atoms with Crippen LogP contribution < -0.4 is 5.73 Å². The van der Waals surface area contributed by atoms with Gasteiger partial charge in [-0.1, -0.05) is 36.6 Å². The van der Waals surface area contributed by atoms with Crippen LogP contribution in [0.2, 0.25) is 5.02 Å². The Morgan fingerprint density at radius 2 is 2.00 bits per heavy atom. The summed E-state index contributed by atoms with van der Waals surface area (Å²) in [6.07, 6.45) is 3.01. The van der Waals surface area contributed by atoms with Crippen LogP contribution in [0.3, 0.4) is 0 Å². The number of alkyl halides is 1. The number of benzene rings is 1. The number of rotatable bonds is 2. The maximum Gasteiger partial charge on any atom is 0.124 e. The van der Waals surface area contributed by atoms with Gasteiger partial charge in [0.1, 0.15) is 6.17 Å². The Morgan fingerprint density at radius 1 is 1.38 bits per heavy atom. The molecule has 88 valence electrons. The first-order chi connectivity index (χ1) is 7.54. The van der Waals surface area contributed by atoms with E-state index < -0.39 is 6.17 Å². The molecule has 1 nitrogen and oxygen atoms in total. The highest BCUT2D eigenvalue weighted by molar-refractivity contribution is 6.31. The van der Waals surface area contributed by atoms with Gasteiger partial charge in [0.15, 0.2) is 0 Å². The molecule has 0 saturated heterocycles. The van der Waals surface area contributed by atoms with E-state index in [1.807, 2.05) is 12.1 Å². The Labute approximate surface area is 101 Å². The second kappa shape index (κ2) is 4.34. The van der Waals surface area contributed by atoms with Gasteiger partial charge in [-0.2, -0.15) is 0 Å². The molecule has 0 radical (unpaired) electrons. The molecule has 0 bridgehead atoms. The van der Waals surface area contributed by atoms with E-state index in [0.29, 0.717) is 10.6 Å². The molecule has 16 heavy (non-hydrogen) atoms. The predicted molar refractivity (Wildman–Crippen MR) is 65.3 cm³/mol. The summed E-state index contributed by atoms with van der Waals surface area (Å²) in [4.78, 5) is 0. The van der Waals surface area contributed by atoms with Crippen LogP contribution in [0, 0.1) is 0 Å². The molecule has 1 aromatic rings. The molecule has 3 heteroatoms. The molecule has 1 aliphatic rings. The van der Waals surface area contributed by atoms with Crippen molar-refractivity contribution in [3.63, 3.8) is 0 Å². The molecular weight excluding hydrogens is 225 g/mol.